The van der Waals surface area contributed by atoms with Crippen molar-refractivity contribution in [3.05, 3.63) is 0 Å². The molecule has 0 aliphatic heterocycles. The third-order valence-electron chi connectivity index (χ3n) is 3.36. The number of carbonyl (C=O) groups is 2. The highest BCUT2D eigenvalue weighted by Crippen LogP contribution is 2.42. The average Bonchev–Trinajstić information content (AvgIpc) is 2.82. The Labute approximate surface area is 78.7 Å². The SMILES string of the molecule is CC1(C)CCC(C(=O)C2CC2)C1=O. The van der Waals surface area contributed by atoms with Crippen LogP contribution in [0.5, 0.6) is 0 Å². The first-order valence-corrected chi connectivity index (χ1v) is 5.10. The summed E-state index contributed by atoms with van der Waals surface area (Å²) in [4.78, 5) is 23.5. The molecule has 72 valence electrons. The molecule has 2 aliphatic rings. The molecular formula is C11H16O2. The summed E-state index contributed by atoms with van der Waals surface area (Å²) < 4.78 is 0. The summed E-state index contributed by atoms with van der Waals surface area (Å²) in [6, 6.07) is 0. The minimum absolute atomic E-state index is 0.185. The van der Waals surface area contributed by atoms with Crippen molar-refractivity contribution in [1.29, 1.82) is 0 Å². The molecule has 0 saturated heterocycles. The van der Waals surface area contributed by atoms with Gasteiger partial charge in [-0.2, -0.15) is 0 Å². The zero-order chi connectivity index (χ0) is 9.64. The van der Waals surface area contributed by atoms with Crippen molar-refractivity contribution >= 4 is 11.6 Å². The van der Waals surface area contributed by atoms with Gasteiger partial charge in [0, 0.05) is 11.3 Å². The van der Waals surface area contributed by atoms with Crippen LogP contribution in [0.2, 0.25) is 0 Å². The summed E-state index contributed by atoms with van der Waals surface area (Å²) in [7, 11) is 0. The summed E-state index contributed by atoms with van der Waals surface area (Å²) in [6.07, 6.45) is 3.71. The van der Waals surface area contributed by atoms with E-state index >= 15 is 0 Å². The van der Waals surface area contributed by atoms with E-state index in [1.54, 1.807) is 0 Å². The number of Topliss-reactive ketones (excluding diaryl/α,β-unsaturated/α-hetero) is 2. The molecule has 0 amide bonds. The third kappa shape index (κ3) is 1.43. The fourth-order valence-electron chi connectivity index (χ4n) is 2.15. The summed E-state index contributed by atoms with van der Waals surface area (Å²) in [6.45, 7) is 3.91. The van der Waals surface area contributed by atoms with E-state index in [0.29, 0.717) is 0 Å². The molecule has 2 fully saturated rings. The lowest BCUT2D eigenvalue weighted by Gasteiger charge is -2.14. The molecule has 0 aromatic rings. The van der Waals surface area contributed by atoms with E-state index in [9.17, 15) is 9.59 Å². The Bertz CT molecular complexity index is 261. The first-order chi connectivity index (χ1) is 6.02. The van der Waals surface area contributed by atoms with E-state index in [1.165, 1.54) is 0 Å². The molecule has 2 saturated carbocycles. The monoisotopic (exact) mass is 180 g/mol. The van der Waals surface area contributed by atoms with E-state index < -0.39 is 0 Å². The minimum Gasteiger partial charge on any atom is -0.299 e. The van der Waals surface area contributed by atoms with Crippen molar-refractivity contribution in [3.63, 3.8) is 0 Å². The van der Waals surface area contributed by atoms with E-state index in [2.05, 4.69) is 0 Å². The third-order valence-corrected chi connectivity index (χ3v) is 3.36. The maximum absolute atomic E-state index is 11.8. The number of rotatable bonds is 2. The lowest BCUT2D eigenvalue weighted by Crippen LogP contribution is -2.27. The Morgan fingerprint density at radius 2 is 1.92 bits per heavy atom. The summed E-state index contributed by atoms with van der Waals surface area (Å²) in [5.74, 6) is 0.408. The zero-order valence-corrected chi connectivity index (χ0v) is 8.30. The molecule has 2 rings (SSSR count). The van der Waals surface area contributed by atoms with Crippen LogP contribution in [0.15, 0.2) is 0 Å². The van der Waals surface area contributed by atoms with Crippen LogP contribution in [0.1, 0.15) is 39.5 Å². The molecular weight excluding hydrogens is 164 g/mol. The number of ketones is 2. The van der Waals surface area contributed by atoms with Crippen LogP contribution in [0, 0.1) is 17.3 Å². The second kappa shape index (κ2) is 2.66. The van der Waals surface area contributed by atoms with E-state index in [4.69, 9.17) is 0 Å². The Morgan fingerprint density at radius 3 is 2.31 bits per heavy atom. The lowest BCUT2D eigenvalue weighted by atomic mass is 9.87. The molecule has 0 aromatic carbocycles. The van der Waals surface area contributed by atoms with Gasteiger partial charge in [-0.15, -0.1) is 0 Å². The van der Waals surface area contributed by atoms with Gasteiger partial charge < -0.3 is 0 Å². The van der Waals surface area contributed by atoms with Gasteiger partial charge >= 0.3 is 0 Å². The van der Waals surface area contributed by atoms with E-state index in [-0.39, 0.29) is 28.8 Å². The predicted octanol–water partition coefficient (Wildman–Crippen LogP) is 1.97. The highest BCUT2D eigenvalue weighted by molar-refractivity contribution is 6.07. The van der Waals surface area contributed by atoms with Crippen LogP contribution >= 0.6 is 0 Å². The molecule has 0 heterocycles. The van der Waals surface area contributed by atoms with Crippen LogP contribution in [0.4, 0.5) is 0 Å². The smallest absolute Gasteiger partial charge is 0.148 e. The molecule has 2 heteroatoms. The van der Waals surface area contributed by atoms with E-state index in [0.717, 1.165) is 25.7 Å². The van der Waals surface area contributed by atoms with Crippen LogP contribution in [0.3, 0.4) is 0 Å². The van der Waals surface area contributed by atoms with Gasteiger partial charge in [0.05, 0.1) is 5.92 Å². The van der Waals surface area contributed by atoms with Gasteiger partial charge in [-0.05, 0) is 25.7 Å². The highest BCUT2D eigenvalue weighted by atomic mass is 16.2. The maximum atomic E-state index is 11.8. The van der Waals surface area contributed by atoms with Crippen LogP contribution in [-0.2, 0) is 9.59 Å². The number of hydrogen-bond donors (Lipinski definition) is 0. The molecule has 0 N–H and O–H groups in total. The van der Waals surface area contributed by atoms with Crippen molar-refractivity contribution in [3.8, 4) is 0 Å². The zero-order valence-electron chi connectivity index (χ0n) is 8.30. The average molecular weight is 180 g/mol. The van der Waals surface area contributed by atoms with Gasteiger partial charge in [0.1, 0.15) is 11.6 Å². The maximum Gasteiger partial charge on any atom is 0.148 e. The van der Waals surface area contributed by atoms with Gasteiger partial charge in [-0.3, -0.25) is 9.59 Å². The fraction of sp³-hybridized carbons (Fsp3) is 0.818. The molecule has 13 heavy (non-hydrogen) atoms. The van der Waals surface area contributed by atoms with Crippen molar-refractivity contribution in [2.24, 2.45) is 17.3 Å². The highest BCUT2D eigenvalue weighted by Gasteiger charge is 2.47. The minimum atomic E-state index is -0.248. The predicted molar refractivity (Wildman–Crippen MR) is 49.2 cm³/mol. The van der Waals surface area contributed by atoms with E-state index in [1.807, 2.05) is 13.8 Å². The number of carbonyl (C=O) groups excluding carboxylic acids is 2. The molecule has 1 atom stereocenters. The fourth-order valence-corrected chi connectivity index (χ4v) is 2.15. The quantitative estimate of drug-likeness (QED) is 0.609. The standard InChI is InChI=1S/C11H16O2/c1-11(2)6-5-8(10(11)13)9(12)7-3-4-7/h7-8H,3-6H2,1-2H3. The molecule has 1 unspecified atom stereocenters. The van der Waals surface area contributed by atoms with Crippen LogP contribution in [-0.4, -0.2) is 11.6 Å². The van der Waals surface area contributed by atoms with Crippen molar-refractivity contribution in [2.45, 2.75) is 39.5 Å². The Kier molecular flexibility index (Phi) is 1.83. The summed E-state index contributed by atoms with van der Waals surface area (Å²) in [5, 5.41) is 0. The normalized spacial score (nSPS) is 32.2. The van der Waals surface area contributed by atoms with Crippen molar-refractivity contribution in [2.75, 3.05) is 0 Å². The summed E-state index contributed by atoms with van der Waals surface area (Å²) in [5.41, 5.74) is -0.241. The second-order valence-corrected chi connectivity index (χ2v) is 5.02. The molecule has 2 nitrogen and oxygen atoms in total. The number of hydrogen-bond acceptors (Lipinski definition) is 2. The topological polar surface area (TPSA) is 34.1 Å². The van der Waals surface area contributed by atoms with Crippen molar-refractivity contribution in [1.82, 2.24) is 0 Å². The lowest BCUT2D eigenvalue weighted by molar-refractivity contribution is -0.135. The molecule has 0 aromatic heterocycles. The van der Waals surface area contributed by atoms with Crippen LogP contribution in [0.25, 0.3) is 0 Å². The van der Waals surface area contributed by atoms with Gasteiger partial charge in [0.15, 0.2) is 0 Å². The second-order valence-electron chi connectivity index (χ2n) is 5.02. The van der Waals surface area contributed by atoms with Crippen molar-refractivity contribution < 1.29 is 9.59 Å². The Hall–Kier alpha value is -0.660. The molecule has 2 aliphatic carbocycles. The first-order valence-electron chi connectivity index (χ1n) is 5.10. The Balaban J connectivity index is 2.10. The largest absolute Gasteiger partial charge is 0.299 e. The molecule has 0 radical (unpaired) electrons. The van der Waals surface area contributed by atoms with Gasteiger partial charge in [0.25, 0.3) is 0 Å². The molecule has 0 spiro atoms. The molecule has 0 bridgehead atoms. The van der Waals surface area contributed by atoms with Crippen LogP contribution < -0.4 is 0 Å². The van der Waals surface area contributed by atoms with Gasteiger partial charge in [-0.1, -0.05) is 13.8 Å². The first kappa shape index (κ1) is 8.92. The van der Waals surface area contributed by atoms with Gasteiger partial charge in [-0.25, -0.2) is 0 Å². The Morgan fingerprint density at radius 1 is 1.31 bits per heavy atom. The van der Waals surface area contributed by atoms with Gasteiger partial charge in [0.2, 0.25) is 0 Å². The summed E-state index contributed by atoms with van der Waals surface area (Å²) >= 11 is 0.